The van der Waals surface area contributed by atoms with Gasteiger partial charge in [-0.25, -0.2) is 4.79 Å². The standard InChI is InChI=1S/C21H14O4/c22-13-15-9-6-12-18(19(15)14-7-2-1-3-8-14)20(23)16-10-4-5-11-17(16)21(24)25/h1-13H,(H,24,25). The van der Waals surface area contributed by atoms with Gasteiger partial charge in [-0.3, -0.25) is 9.59 Å². The minimum absolute atomic E-state index is 0.0667. The summed E-state index contributed by atoms with van der Waals surface area (Å²) >= 11 is 0. The molecule has 1 N–H and O–H groups in total. The Labute approximate surface area is 144 Å². The van der Waals surface area contributed by atoms with Gasteiger partial charge in [0.2, 0.25) is 0 Å². The van der Waals surface area contributed by atoms with E-state index in [2.05, 4.69) is 0 Å². The summed E-state index contributed by atoms with van der Waals surface area (Å²) < 4.78 is 0. The van der Waals surface area contributed by atoms with Crippen LogP contribution in [0.5, 0.6) is 0 Å². The van der Waals surface area contributed by atoms with Crippen molar-refractivity contribution in [2.75, 3.05) is 0 Å². The molecule has 0 saturated carbocycles. The van der Waals surface area contributed by atoms with Crippen LogP contribution in [0.2, 0.25) is 0 Å². The van der Waals surface area contributed by atoms with E-state index in [9.17, 15) is 19.5 Å². The molecular formula is C21H14O4. The molecule has 0 heterocycles. The molecule has 0 aliphatic rings. The highest BCUT2D eigenvalue weighted by Crippen LogP contribution is 2.29. The van der Waals surface area contributed by atoms with Gasteiger partial charge in [0.15, 0.2) is 12.1 Å². The minimum atomic E-state index is -1.17. The molecule has 0 radical (unpaired) electrons. The van der Waals surface area contributed by atoms with Crippen molar-refractivity contribution in [1.82, 2.24) is 0 Å². The van der Waals surface area contributed by atoms with Crippen LogP contribution in [0.25, 0.3) is 11.1 Å². The number of carbonyl (C=O) groups is 3. The molecular weight excluding hydrogens is 316 g/mol. The lowest BCUT2D eigenvalue weighted by Gasteiger charge is -2.13. The molecule has 122 valence electrons. The van der Waals surface area contributed by atoms with Gasteiger partial charge in [-0.2, -0.15) is 0 Å². The second-order valence-corrected chi connectivity index (χ2v) is 5.43. The first kappa shape index (κ1) is 16.3. The maximum atomic E-state index is 13.1. The molecule has 0 saturated heterocycles. The first-order valence-electron chi connectivity index (χ1n) is 7.64. The van der Waals surface area contributed by atoms with Crippen LogP contribution < -0.4 is 0 Å². The van der Waals surface area contributed by atoms with E-state index in [0.29, 0.717) is 23.0 Å². The molecule has 3 aromatic carbocycles. The van der Waals surface area contributed by atoms with E-state index in [0.717, 1.165) is 5.56 Å². The maximum absolute atomic E-state index is 13.1. The highest BCUT2D eigenvalue weighted by molar-refractivity contribution is 6.18. The second-order valence-electron chi connectivity index (χ2n) is 5.43. The molecule has 0 unspecified atom stereocenters. The Hall–Kier alpha value is -3.53. The second kappa shape index (κ2) is 6.93. The fourth-order valence-corrected chi connectivity index (χ4v) is 2.80. The average molecular weight is 330 g/mol. The van der Waals surface area contributed by atoms with Crippen molar-refractivity contribution >= 4 is 18.0 Å². The number of carboxylic acid groups (broad SMARTS) is 1. The number of rotatable bonds is 5. The molecule has 0 spiro atoms. The number of carbonyl (C=O) groups excluding carboxylic acids is 2. The number of aldehydes is 1. The van der Waals surface area contributed by atoms with Gasteiger partial charge in [0.1, 0.15) is 0 Å². The summed E-state index contributed by atoms with van der Waals surface area (Å²) in [6.07, 6.45) is 0.697. The van der Waals surface area contributed by atoms with E-state index < -0.39 is 11.8 Å². The van der Waals surface area contributed by atoms with Crippen LogP contribution in [-0.2, 0) is 0 Å². The van der Waals surface area contributed by atoms with Crippen molar-refractivity contribution < 1.29 is 19.5 Å². The number of aromatic carboxylic acids is 1. The van der Waals surface area contributed by atoms with Crippen LogP contribution in [0.15, 0.2) is 72.8 Å². The topological polar surface area (TPSA) is 71.4 Å². The first-order chi connectivity index (χ1) is 12.1. The third-order valence-corrected chi connectivity index (χ3v) is 3.93. The zero-order valence-corrected chi connectivity index (χ0v) is 13.2. The van der Waals surface area contributed by atoms with E-state index in [-0.39, 0.29) is 11.1 Å². The molecule has 0 atom stereocenters. The Bertz CT molecular complexity index is 959. The normalized spacial score (nSPS) is 10.2. The summed E-state index contributed by atoms with van der Waals surface area (Å²) in [6, 6.07) is 20.0. The van der Waals surface area contributed by atoms with Crippen molar-refractivity contribution in [3.05, 3.63) is 95.1 Å². The van der Waals surface area contributed by atoms with Gasteiger partial charge in [0, 0.05) is 22.3 Å². The molecule has 0 amide bonds. The van der Waals surface area contributed by atoms with Crippen molar-refractivity contribution in [2.45, 2.75) is 0 Å². The number of hydrogen-bond donors (Lipinski definition) is 1. The number of benzene rings is 3. The maximum Gasteiger partial charge on any atom is 0.336 e. The lowest BCUT2D eigenvalue weighted by molar-refractivity contribution is 0.0692. The smallest absolute Gasteiger partial charge is 0.336 e. The van der Waals surface area contributed by atoms with Gasteiger partial charge in [0.25, 0.3) is 0 Å². The van der Waals surface area contributed by atoms with Crippen LogP contribution >= 0.6 is 0 Å². The summed E-state index contributed by atoms with van der Waals surface area (Å²) in [6.45, 7) is 0. The molecule has 3 rings (SSSR count). The lowest BCUT2D eigenvalue weighted by Crippen LogP contribution is -2.11. The minimum Gasteiger partial charge on any atom is -0.478 e. The van der Waals surface area contributed by atoms with Gasteiger partial charge in [-0.05, 0) is 11.6 Å². The Morgan fingerprint density at radius 2 is 1.32 bits per heavy atom. The predicted octanol–water partition coefficient (Wildman–Crippen LogP) is 4.10. The third-order valence-electron chi connectivity index (χ3n) is 3.93. The molecule has 0 aromatic heterocycles. The first-order valence-corrected chi connectivity index (χ1v) is 7.64. The number of ketones is 1. The highest BCUT2D eigenvalue weighted by atomic mass is 16.4. The summed E-state index contributed by atoms with van der Waals surface area (Å²) in [5.74, 6) is -1.60. The molecule has 0 fully saturated rings. The van der Waals surface area contributed by atoms with Gasteiger partial charge >= 0.3 is 5.97 Å². The van der Waals surface area contributed by atoms with Crippen molar-refractivity contribution in [3.63, 3.8) is 0 Å². The van der Waals surface area contributed by atoms with E-state index >= 15 is 0 Å². The molecule has 4 heteroatoms. The van der Waals surface area contributed by atoms with E-state index in [1.165, 1.54) is 12.1 Å². The van der Waals surface area contributed by atoms with Crippen LogP contribution in [0, 0.1) is 0 Å². The Balaban J connectivity index is 2.24. The quantitative estimate of drug-likeness (QED) is 0.565. The largest absolute Gasteiger partial charge is 0.478 e. The fourth-order valence-electron chi connectivity index (χ4n) is 2.80. The summed E-state index contributed by atoms with van der Waals surface area (Å²) in [5.41, 5.74) is 1.93. The summed E-state index contributed by atoms with van der Waals surface area (Å²) in [5, 5.41) is 9.34. The summed E-state index contributed by atoms with van der Waals surface area (Å²) in [4.78, 5) is 36.0. The number of hydrogen-bond acceptors (Lipinski definition) is 3. The van der Waals surface area contributed by atoms with Crippen LogP contribution in [0.4, 0.5) is 0 Å². The predicted molar refractivity (Wildman–Crippen MR) is 94.1 cm³/mol. The SMILES string of the molecule is O=Cc1cccc(C(=O)c2ccccc2C(=O)O)c1-c1ccccc1. The van der Waals surface area contributed by atoms with E-state index in [1.807, 2.05) is 30.3 Å². The fraction of sp³-hybridized carbons (Fsp3) is 0. The summed E-state index contributed by atoms with van der Waals surface area (Å²) in [7, 11) is 0. The van der Waals surface area contributed by atoms with Gasteiger partial charge in [-0.1, -0.05) is 66.7 Å². The van der Waals surface area contributed by atoms with Crippen molar-refractivity contribution in [1.29, 1.82) is 0 Å². The Morgan fingerprint density at radius 1 is 0.720 bits per heavy atom. The molecule has 4 nitrogen and oxygen atoms in total. The molecule has 0 aliphatic carbocycles. The van der Waals surface area contributed by atoms with Crippen molar-refractivity contribution in [2.24, 2.45) is 0 Å². The van der Waals surface area contributed by atoms with Crippen LogP contribution in [0.1, 0.15) is 36.6 Å². The number of carboxylic acids is 1. The molecule has 0 aliphatic heterocycles. The zero-order valence-electron chi connectivity index (χ0n) is 13.2. The van der Waals surface area contributed by atoms with Crippen LogP contribution in [0.3, 0.4) is 0 Å². The lowest BCUT2D eigenvalue weighted by atomic mass is 9.89. The van der Waals surface area contributed by atoms with Gasteiger partial charge < -0.3 is 5.11 Å². The monoisotopic (exact) mass is 330 g/mol. The van der Waals surface area contributed by atoms with Crippen molar-refractivity contribution in [3.8, 4) is 11.1 Å². The third kappa shape index (κ3) is 3.10. The Kier molecular flexibility index (Phi) is 4.53. The average Bonchev–Trinajstić information content (AvgIpc) is 2.67. The zero-order chi connectivity index (χ0) is 17.8. The Morgan fingerprint density at radius 3 is 1.96 bits per heavy atom. The van der Waals surface area contributed by atoms with Gasteiger partial charge in [0.05, 0.1) is 5.56 Å². The highest BCUT2D eigenvalue weighted by Gasteiger charge is 2.21. The van der Waals surface area contributed by atoms with Crippen LogP contribution in [-0.4, -0.2) is 23.1 Å². The van der Waals surface area contributed by atoms with E-state index in [1.54, 1.807) is 30.3 Å². The molecule has 3 aromatic rings. The van der Waals surface area contributed by atoms with Gasteiger partial charge in [-0.15, -0.1) is 0 Å². The van der Waals surface area contributed by atoms with E-state index in [4.69, 9.17) is 0 Å². The molecule has 25 heavy (non-hydrogen) atoms. The molecule has 0 bridgehead atoms.